The largest absolute Gasteiger partial charge is 0.508 e. The van der Waals surface area contributed by atoms with Crippen LogP contribution in [0.25, 0.3) is 0 Å². The van der Waals surface area contributed by atoms with Crippen molar-refractivity contribution in [1.29, 1.82) is 0 Å². The molecule has 0 saturated carbocycles. The molecule has 19 heavy (non-hydrogen) atoms. The number of unbranched alkanes of at least 4 members (excludes halogenated alkanes) is 4. The van der Waals surface area contributed by atoms with Gasteiger partial charge < -0.3 is 5.11 Å². The van der Waals surface area contributed by atoms with Crippen LogP contribution in [-0.2, 0) is 6.42 Å². The minimum absolute atomic E-state index is 0.372. The molecule has 0 heterocycles. The van der Waals surface area contributed by atoms with Crippen LogP contribution in [0.15, 0.2) is 24.3 Å². The lowest BCUT2D eigenvalue weighted by molar-refractivity contribution is 0.410. The van der Waals surface area contributed by atoms with Crippen molar-refractivity contribution in [1.82, 2.24) is 0 Å². The molecule has 1 heteroatoms. The molecule has 0 fully saturated rings. The van der Waals surface area contributed by atoms with Gasteiger partial charge in [0.1, 0.15) is 5.75 Å². The molecule has 1 N–H and O–H groups in total. The van der Waals surface area contributed by atoms with Crippen molar-refractivity contribution < 1.29 is 5.11 Å². The van der Waals surface area contributed by atoms with Gasteiger partial charge in [0.2, 0.25) is 0 Å². The minimum atomic E-state index is 0.372. The Morgan fingerprint density at radius 1 is 0.842 bits per heavy atom. The molecule has 1 atom stereocenters. The molecule has 1 aromatic rings. The zero-order valence-electron chi connectivity index (χ0n) is 12.7. The number of phenolic OH excluding ortho intramolecular Hbond substituents is 1. The summed E-state index contributed by atoms with van der Waals surface area (Å²) in [5.74, 6) is 1.19. The van der Waals surface area contributed by atoms with Crippen molar-refractivity contribution in [2.75, 3.05) is 0 Å². The highest BCUT2D eigenvalue weighted by Crippen LogP contribution is 2.22. The van der Waals surface area contributed by atoms with E-state index in [0.717, 1.165) is 5.92 Å². The second-order valence-corrected chi connectivity index (χ2v) is 5.73. The molecule has 1 unspecified atom stereocenters. The average molecular weight is 262 g/mol. The molecule has 0 spiro atoms. The summed E-state index contributed by atoms with van der Waals surface area (Å²) in [6.07, 6.45) is 12.0. The Kier molecular flexibility index (Phi) is 8.36. The van der Waals surface area contributed by atoms with Crippen LogP contribution < -0.4 is 0 Å². The summed E-state index contributed by atoms with van der Waals surface area (Å²) in [5.41, 5.74) is 1.37. The van der Waals surface area contributed by atoms with Crippen LogP contribution in [0.4, 0.5) is 0 Å². The van der Waals surface area contributed by atoms with Crippen LogP contribution in [-0.4, -0.2) is 5.11 Å². The standard InChI is InChI=1S/C18H30O/c1-3-5-7-8-10-16(9-6-4-2)15-17-11-13-18(19)14-12-17/h11-14,16,19H,3-10,15H2,1-2H3. The van der Waals surface area contributed by atoms with E-state index in [4.69, 9.17) is 0 Å². The second kappa shape index (κ2) is 9.89. The fraction of sp³-hybridized carbons (Fsp3) is 0.667. The average Bonchev–Trinajstić information content (AvgIpc) is 2.43. The van der Waals surface area contributed by atoms with Gasteiger partial charge in [-0.25, -0.2) is 0 Å². The van der Waals surface area contributed by atoms with Gasteiger partial charge in [0.05, 0.1) is 0 Å². The van der Waals surface area contributed by atoms with E-state index in [0.29, 0.717) is 5.75 Å². The molecule has 1 rings (SSSR count). The van der Waals surface area contributed by atoms with Crippen LogP contribution >= 0.6 is 0 Å². The van der Waals surface area contributed by atoms with Crippen molar-refractivity contribution in [3.8, 4) is 5.75 Å². The van der Waals surface area contributed by atoms with Gasteiger partial charge in [0.25, 0.3) is 0 Å². The zero-order chi connectivity index (χ0) is 13.9. The summed E-state index contributed by atoms with van der Waals surface area (Å²) in [4.78, 5) is 0. The van der Waals surface area contributed by atoms with E-state index in [9.17, 15) is 5.11 Å². The van der Waals surface area contributed by atoms with Crippen LogP contribution in [0.2, 0.25) is 0 Å². The molecule has 0 radical (unpaired) electrons. The highest BCUT2D eigenvalue weighted by Gasteiger charge is 2.09. The van der Waals surface area contributed by atoms with Gasteiger partial charge in [-0.2, -0.15) is 0 Å². The molecular weight excluding hydrogens is 232 g/mol. The van der Waals surface area contributed by atoms with Crippen molar-refractivity contribution in [2.45, 2.75) is 71.6 Å². The molecule has 0 aromatic heterocycles. The topological polar surface area (TPSA) is 20.2 Å². The Balaban J connectivity index is 2.41. The van der Waals surface area contributed by atoms with E-state index in [1.165, 1.54) is 63.4 Å². The number of benzene rings is 1. The molecule has 108 valence electrons. The lowest BCUT2D eigenvalue weighted by Crippen LogP contribution is -2.05. The van der Waals surface area contributed by atoms with E-state index in [1.54, 1.807) is 0 Å². The number of hydrogen-bond acceptors (Lipinski definition) is 1. The highest BCUT2D eigenvalue weighted by atomic mass is 16.3. The van der Waals surface area contributed by atoms with Crippen molar-refractivity contribution >= 4 is 0 Å². The van der Waals surface area contributed by atoms with Gasteiger partial charge in [-0.05, 0) is 30.0 Å². The van der Waals surface area contributed by atoms with Crippen molar-refractivity contribution in [3.05, 3.63) is 29.8 Å². The Labute approximate surface area is 119 Å². The quantitative estimate of drug-likeness (QED) is 0.535. The third-order valence-electron chi connectivity index (χ3n) is 3.89. The monoisotopic (exact) mass is 262 g/mol. The first kappa shape index (κ1) is 16.1. The van der Waals surface area contributed by atoms with Crippen molar-refractivity contribution in [3.63, 3.8) is 0 Å². The summed E-state index contributed by atoms with van der Waals surface area (Å²) >= 11 is 0. The lowest BCUT2D eigenvalue weighted by Gasteiger charge is -2.16. The van der Waals surface area contributed by atoms with Gasteiger partial charge in [-0.15, -0.1) is 0 Å². The van der Waals surface area contributed by atoms with Crippen LogP contribution in [0.3, 0.4) is 0 Å². The number of rotatable bonds is 10. The van der Waals surface area contributed by atoms with Gasteiger partial charge in [-0.1, -0.05) is 77.3 Å². The first-order chi connectivity index (χ1) is 9.26. The molecule has 0 amide bonds. The molecule has 0 aliphatic heterocycles. The van der Waals surface area contributed by atoms with Crippen LogP contribution in [0.5, 0.6) is 5.75 Å². The smallest absolute Gasteiger partial charge is 0.115 e. The van der Waals surface area contributed by atoms with E-state index in [-0.39, 0.29) is 0 Å². The Bertz CT molecular complexity index is 315. The summed E-state index contributed by atoms with van der Waals surface area (Å²) in [6.45, 7) is 4.54. The molecule has 0 saturated heterocycles. The lowest BCUT2D eigenvalue weighted by atomic mass is 9.89. The zero-order valence-corrected chi connectivity index (χ0v) is 12.7. The maximum Gasteiger partial charge on any atom is 0.115 e. The maximum absolute atomic E-state index is 9.33. The maximum atomic E-state index is 9.33. The van der Waals surface area contributed by atoms with E-state index < -0.39 is 0 Å². The Morgan fingerprint density at radius 3 is 2.11 bits per heavy atom. The first-order valence-electron chi connectivity index (χ1n) is 8.04. The van der Waals surface area contributed by atoms with E-state index in [2.05, 4.69) is 26.0 Å². The van der Waals surface area contributed by atoms with Crippen molar-refractivity contribution in [2.24, 2.45) is 5.92 Å². The van der Waals surface area contributed by atoms with E-state index in [1.807, 2.05) is 12.1 Å². The fourth-order valence-electron chi connectivity index (χ4n) is 2.67. The summed E-state index contributed by atoms with van der Waals surface area (Å²) in [6, 6.07) is 7.76. The molecule has 0 aliphatic rings. The molecule has 0 bridgehead atoms. The van der Waals surface area contributed by atoms with Gasteiger partial charge in [0.15, 0.2) is 0 Å². The van der Waals surface area contributed by atoms with Crippen LogP contribution in [0.1, 0.15) is 70.8 Å². The third kappa shape index (κ3) is 7.25. The predicted octanol–water partition coefficient (Wildman–Crippen LogP) is 5.71. The summed E-state index contributed by atoms with van der Waals surface area (Å²) in [7, 11) is 0. The second-order valence-electron chi connectivity index (χ2n) is 5.73. The third-order valence-corrected chi connectivity index (χ3v) is 3.89. The Morgan fingerprint density at radius 2 is 1.47 bits per heavy atom. The van der Waals surface area contributed by atoms with Crippen LogP contribution in [0, 0.1) is 5.92 Å². The minimum Gasteiger partial charge on any atom is -0.508 e. The van der Waals surface area contributed by atoms with Gasteiger partial charge in [-0.3, -0.25) is 0 Å². The predicted molar refractivity (Wildman–Crippen MR) is 83.6 cm³/mol. The normalized spacial score (nSPS) is 12.5. The fourth-order valence-corrected chi connectivity index (χ4v) is 2.67. The highest BCUT2D eigenvalue weighted by molar-refractivity contribution is 5.26. The molecule has 0 aliphatic carbocycles. The van der Waals surface area contributed by atoms with Gasteiger partial charge >= 0.3 is 0 Å². The summed E-state index contributed by atoms with van der Waals surface area (Å²) < 4.78 is 0. The van der Waals surface area contributed by atoms with Gasteiger partial charge in [0, 0.05) is 0 Å². The summed E-state index contributed by atoms with van der Waals surface area (Å²) in [5, 5.41) is 9.33. The van der Waals surface area contributed by atoms with E-state index >= 15 is 0 Å². The first-order valence-corrected chi connectivity index (χ1v) is 8.04. The molecule has 1 nitrogen and oxygen atoms in total. The SMILES string of the molecule is CCCCCCC(CCCC)Cc1ccc(O)cc1. The molecule has 1 aromatic carbocycles. The number of phenols is 1. The number of hydrogen-bond donors (Lipinski definition) is 1. The molecular formula is C18H30O. The Hall–Kier alpha value is -0.980. The number of aromatic hydroxyl groups is 1.